The molecule has 0 amide bonds. The highest BCUT2D eigenvalue weighted by molar-refractivity contribution is 7.92. The second kappa shape index (κ2) is 10.6. The molecule has 0 fully saturated rings. The second-order valence-corrected chi connectivity index (χ2v) is 9.20. The number of para-hydroxylation sites is 1. The summed E-state index contributed by atoms with van der Waals surface area (Å²) in [6, 6.07) is 6.97. The summed E-state index contributed by atoms with van der Waals surface area (Å²) >= 11 is 0. The summed E-state index contributed by atoms with van der Waals surface area (Å²) in [5.74, 6) is -1.29. The lowest BCUT2D eigenvalue weighted by Crippen LogP contribution is -2.25. The van der Waals surface area contributed by atoms with Gasteiger partial charge in [0, 0.05) is 7.11 Å². The van der Waals surface area contributed by atoms with E-state index in [1.165, 1.54) is 44.1 Å². The maximum atomic E-state index is 13.3. The van der Waals surface area contributed by atoms with Crippen LogP contribution < -0.4 is 9.46 Å². The molecule has 37 heavy (non-hydrogen) atoms. The summed E-state index contributed by atoms with van der Waals surface area (Å²) < 4.78 is 59.0. The molecule has 0 radical (unpaired) electrons. The normalized spacial score (nSPS) is 13.6. The number of phenols is 1. The van der Waals surface area contributed by atoms with E-state index in [1.807, 2.05) is 0 Å². The molecule has 2 aromatic heterocycles. The Morgan fingerprint density at radius 3 is 2.65 bits per heavy atom. The summed E-state index contributed by atoms with van der Waals surface area (Å²) in [7, 11) is -0.0626. The van der Waals surface area contributed by atoms with Crippen LogP contribution >= 0.6 is 0 Å². The lowest BCUT2D eigenvalue weighted by molar-refractivity contribution is 0.118. The van der Waals surface area contributed by atoms with Crippen LogP contribution in [0.5, 0.6) is 11.5 Å². The summed E-state index contributed by atoms with van der Waals surface area (Å²) in [4.78, 5) is 8.16. The van der Waals surface area contributed by atoms with Crippen molar-refractivity contribution in [2.75, 3.05) is 31.8 Å². The Balaban J connectivity index is 1.79. The van der Waals surface area contributed by atoms with E-state index in [1.54, 1.807) is 12.1 Å². The van der Waals surface area contributed by atoms with Crippen molar-refractivity contribution in [3.05, 3.63) is 71.4 Å². The summed E-state index contributed by atoms with van der Waals surface area (Å²) in [6.07, 6.45) is 1.39. The molecule has 3 aromatic rings. The number of aliphatic imine (C=N–C) groups is 1. The van der Waals surface area contributed by atoms with Gasteiger partial charge in [0.15, 0.2) is 11.5 Å². The Bertz CT molecular complexity index is 1550. The Morgan fingerprint density at radius 1 is 1.16 bits per heavy atom. The largest absolute Gasteiger partial charge is 0.506 e. The van der Waals surface area contributed by atoms with Gasteiger partial charge in [-0.15, -0.1) is 10.2 Å². The molecule has 0 bridgehead atoms. The van der Waals surface area contributed by atoms with Gasteiger partial charge in [0.2, 0.25) is 21.9 Å². The Hall–Kier alpha value is -4.48. The molecule has 0 spiro atoms. The van der Waals surface area contributed by atoms with Gasteiger partial charge in [-0.05, 0) is 30.0 Å². The van der Waals surface area contributed by atoms with Crippen molar-refractivity contribution < 1.29 is 32.1 Å². The van der Waals surface area contributed by atoms with Gasteiger partial charge >= 0.3 is 0 Å². The number of halogens is 1. The number of sulfonamides is 1. The van der Waals surface area contributed by atoms with Gasteiger partial charge in [0.1, 0.15) is 34.9 Å². The number of phenolic OH excluding ortho intramolecular Hbond substituents is 1. The lowest BCUT2D eigenvalue weighted by Gasteiger charge is -2.18. The van der Waals surface area contributed by atoms with Crippen LogP contribution in [0, 0.1) is 5.82 Å². The minimum Gasteiger partial charge on any atom is -0.506 e. The number of hydrogen-bond donors (Lipinski definition) is 2. The molecule has 0 aliphatic carbocycles. The van der Waals surface area contributed by atoms with E-state index in [0.29, 0.717) is 0 Å². The van der Waals surface area contributed by atoms with Gasteiger partial charge in [0.05, 0.1) is 32.2 Å². The Morgan fingerprint density at radius 2 is 1.97 bits per heavy atom. The fourth-order valence-electron chi connectivity index (χ4n) is 3.39. The third-order valence-electron chi connectivity index (χ3n) is 5.10. The zero-order valence-corrected chi connectivity index (χ0v) is 20.7. The summed E-state index contributed by atoms with van der Waals surface area (Å²) in [6.45, 7) is 0. The van der Waals surface area contributed by atoms with Crippen LogP contribution in [0.2, 0.25) is 0 Å². The van der Waals surface area contributed by atoms with E-state index in [2.05, 4.69) is 36.4 Å². The molecular formula is C23H21FN6O6S. The standard InChI is InChI=1S/C23H21FN6O6S/c1-34-18-8-5-7-17(31)21(18)30-22(16-6-4-9-20(26-16)36-3)27-28-23(30)29-37(32,33)13-19(35-2)15-11-10-14(24)12-25-15/h5,7-12,19,31H,13H2,1-3H3,(H,28,29)/t19-/m0/s1. The maximum Gasteiger partial charge on any atom is 0.243 e. The van der Waals surface area contributed by atoms with E-state index in [9.17, 15) is 17.9 Å². The van der Waals surface area contributed by atoms with Crippen LogP contribution in [0.15, 0.2) is 59.1 Å². The molecule has 1 aromatic carbocycles. The van der Waals surface area contributed by atoms with Crippen LogP contribution in [0.3, 0.4) is 0 Å². The number of rotatable bonds is 9. The first-order valence-electron chi connectivity index (χ1n) is 10.6. The Kier molecular flexibility index (Phi) is 7.37. The van der Waals surface area contributed by atoms with E-state index in [0.717, 1.165) is 12.3 Å². The van der Waals surface area contributed by atoms with Gasteiger partial charge in [-0.3, -0.25) is 14.3 Å². The average molecular weight is 529 g/mol. The molecule has 1 aliphatic rings. The van der Waals surface area contributed by atoms with Crippen molar-refractivity contribution in [2.45, 2.75) is 6.10 Å². The van der Waals surface area contributed by atoms with Crippen molar-refractivity contribution in [1.29, 1.82) is 0 Å². The molecule has 14 heteroatoms. The Labute approximate surface area is 211 Å². The number of nitrogens with one attached hydrogen (secondary N) is 1. The highest BCUT2D eigenvalue weighted by atomic mass is 32.2. The quantitative estimate of drug-likeness (QED) is 0.399. The molecule has 1 atom stereocenters. The molecule has 0 unspecified atom stereocenters. The first kappa shape index (κ1) is 25.6. The zero-order valence-electron chi connectivity index (χ0n) is 19.8. The van der Waals surface area contributed by atoms with E-state index in [-0.39, 0.29) is 46.2 Å². The number of ether oxygens (including phenoxy) is 3. The predicted octanol–water partition coefficient (Wildman–Crippen LogP) is 2.35. The number of aromatic nitrogens is 4. The van der Waals surface area contributed by atoms with E-state index in [4.69, 9.17) is 14.2 Å². The van der Waals surface area contributed by atoms with Crippen LogP contribution in [0.1, 0.15) is 17.6 Å². The second-order valence-electron chi connectivity index (χ2n) is 7.44. The number of methoxy groups -OCH3 is 3. The zero-order chi connectivity index (χ0) is 26.6. The van der Waals surface area contributed by atoms with Gasteiger partial charge in [-0.25, -0.2) is 17.8 Å². The van der Waals surface area contributed by atoms with Crippen molar-refractivity contribution in [2.24, 2.45) is 4.99 Å². The third kappa shape index (κ3) is 5.52. The first-order valence-corrected chi connectivity index (χ1v) is 12.2. The van der Waals surface area contributed by atoms with Gasteiger partial charge < -0.3 is 19.3 Å². The SMILES string of the molecule is COC1=NC(c2nnc(NS(=O)(=O)C[C@H](OC)c3ccc(F)cn3)n2-c2c(O)cccc2OC)=C=C=C1. The maximum absolute atomic E-state index is 13.3. The molecule has 4 rings (SSSR count). The monoisotopic (exact) mass is 528 g/mol. The van der Waals surface area contributed by atoms with Crippen molar-refractivity contribution >= 4 is 27.6 Å². The minimum absolute atomic E-state index is 0.0103. The van der Waals surface area contributed by atoms with E-state index >= 15 is 0 Å². The van der Waals surface area contributed by atoms with Gasteiger partial charge in [-0.1, -0.05) is 11.8 Å². The molecular weight excluding hydrogens is 507 g/mol. The molecule has 3 heterocycles. The van der Waals surface area contributed by atoms with Crippen molar-refractivity contribution in [3.63, 3.8) is 0 Å². The lowest BCUT2D eigenvalue weighted by atomic mass is 10.2. The van der Waals surface area contributed by atoms with Gasteiger partial charge in [-0.2, -0.15) is 0 Å². The van der Waals surface area contributed by atoms with E-state index < -0.39 is 27.7 Å². The molecule has 192 valence electrons. The fourth-order valence-corrected chi connectivity index (χ4v) is 4.59. The van der Waals surface area contributed by atoms with Crippen molar-refractivity contribution in [3.8, 4) is 17.2 Å². The van der Waals surface area contributed by atoms with Crippen LogP contribution in [0.25, 0.3) is 11.4 Å². The number of anilines is 1. The smallest absolute Gasteiger partial charge is 0.243 e. The number of pyridine rings is 1. The number of nitrogens with zero attached hydrogens (tertiary/aromatic N) is 5. The van der Waals surface area contributed by atoms with Gasteiger partial charge in [0.25, 0.3) is 0 Å². The number of hydrogen-bond acceptors (Lipinski definition) is 10. The summed E-state index contributed by atoms with van der Waals surface area (Å²) in [5, 5.41) is 18.7. The minimum atomic E-state index is -4.17. The summed E-state index contributed by atoms with van der Waals surface area (Å²) in [5.41, 5.74) is 5.87. The third-order valence-corrected chi connectivity index (χ3v) is 6.33. The average Bonchev–Trinajstić information content (AvgIpc) is 3.29. The molecule has 0 saturated heterocycles. The van der Waals surface area contributed by atoms with Crippen LogP contribution in [0.4, 0.5) is 10.3 Å². The van der Waals surface area contributed by atoms with Crippen LogP contribution in [-0.2, 0) is 19.5 Å². The van der Waals surface area contributed by atoms with Crippen LogP contribution in [-0.4, -0.2) is 66.3 Å². The highest BCUT2D eigenvalue weighted by Gasteiger charge is 2.28. The number of benzene rings is 1. The van der Waals surface area contributed by atoms with Crippen molar-refractivity contribution in [1.82, 2.24) is 19.7 Å². The first-order chi connectivity index (χ1) is 17.8. The molecule has 0 saturated carbocycles. The molecule has 2 N–H and O–H groups in total. The fraction of sp³-hybridized carbons (Fsp3) is 0.217. The highest BCUT2D eigenvalue weighted by Crippen LogP contribution is 2.36. The molecule has 12 nitrogen and oxygen atoms in total. The molecule has 1 aliphatic heterocycles. The topological polar surface area (TPSA) is 150 Å². The number of aromatic hydroxyl groups is 1. The predicted molar refractivity (Wildman–Crippen MR) is 130 cm³/mol.